The van der Waals surface area contributed by atoms with Crippen molar-refractivity contribution < 1.29 is 24.2 Å². The van der Waals surface area contributed by atoms with Crippen LogP contribution in [-0.4, -0.2) is 46.5 Å². The number of rotatable bonds is 7. The summed E-state index contributed by atoms with van der Waals surface area (Å²) in [6, 6.07) is 6.65. The van der Waals surface area contributed by atoms with E-state index >= 15 is 0 Å². The maximum atomic E-state index is 12.9. The van der Waals surface area contributed by atoms with Gasteiger partial charge in [-0.15, -0.1) is 0 Å². The topological polar surface area (TPSA) is 95.9 Å². The van der Waals surface area contributed by atoms with Crippen molar-refractivity contribution in [2.75, 3.05) is 13.2 Å². The van der Waals surface area contributed by atoms with E-state index < -0.39 is 17.6 Å². The van der Waals surface area contributed by atoms with Crippen LogP contribution in [0.2, 0.25) is 0 Å². The summed E-state index contributed by atoms with van der Waals surface area (Å²) in [5, 5.41) is 12.3. The summed E-state index contributed by atoms with van der Waals surface area (Å²) in [6.45, 7) is 5.68. The lowest BCUT2D eigenvalue weighted by Gasteiger charge is -2.32. The lowest BCUT2D eigenvalue weighted by molar-refractivity contribution is -0.155. The first-order valence-corrected chi connectivity index (χ1v) is 8.82. The summed E-state index contributed by atoms with van der Waals surface area (Å²) in [5.74, 6) is -0.966. The predicted octanol–water partition coefficient (Wildman–Crippen LogP) is 2.12. The van der Waals surface area contributed by atoms with Crippen molar-refractivity contribution in [3.05, 3.63) is 29.8 Å². The number of carbonyl (C=O) groups is 3. The molecule has 0 bridgehead atoms. The lowest BCUT2D eigenvalue weighted by atomic mass is 9.97. The van der Waals surface area contributed by atoms with E-state index in [0.29, 0.717) is 37.3 Å². The molecular weight excluding hydrogens is 336 g/mol. The van der Waals surface area contributed by atoms with Crippen LogP contribution in [0, 0.1) is 0 Å². The molecular formula is C19H26N2O5. The lowest BCUT2D eigenvalue weighted by Crippen LogP contribution is -2.51. The number of para-hydroxylation sites is 1. The molecule has 0 radical (unpaired) electrons. The summed E-state index contributed by atoms with van der Waals surface area (Å²) >= 11 is 0. The Hall–Kier alpha value is -2.57. The average molecular weight is 362 g/mol. The maximum Gasteiger partial charge on any atom is 0.329 e. The predicted molar refractivity (Wildman–Crippen MR) is 95.8 cm³/mol. The van der Waals surface area contributed by atoms with E-state index in [1.54, 1.807) is 19.1 Å². The van der Waals surface area contributed by atoms with Gasteiger partial charge in [0, 0.05) is 19.0 Å². The van der Waals surface area contributed by atoms with Gasteiger partial charge in [-0.05, 0) is 32.8 Å². The fourth-order valence-corrected chi connectivity index (χ4v) is 3.41. The van der Waals surface area contributed by atoms with Gasteiger partial charge in [0.2, 0.25) is 11.8 Å². The third-order valence-electron chi connectivity index (χ3n) is 4.75. The van der Waals surface area contributed by atoms with Gasteiger partial charge >= 0.3 is 5.97 Å². The van der Waals surface area contributed by atoms with Crippen molar-refractivity contribution in [2.24, 2.45) is 0 Å². The van der Waals surface area contributed by atoms with E-state index in [4.69, 9.17) is 4.74 Å². The quantitative estimate of drug-likeness (QED) is 0.774. The third-order valence-corrected chi connectivity index (χ3v) is 4.75. The number of benzene rings is 1. The first-order chi connectivity index (χ1) is 12.3. The molecule has 0 aliphatic carbocycles. The molecule has 2 rings (SSSR count). The standard InChI is InChI=1S/C19H26N2O5/c1-4-26-16-9-6-5-8-14(16)15(20-13(2)22)12-17(23)21-11-7-10-19(21,3)18(24)25/h5-6,8-9,15H,4,7,10-12H2,1-3H3,(H,20,22)(H,24,25). The molecule has 2 N–H and O–H groups in total. The van der Waals surface area contributed by atoms with Crippen LogP contribution < -0.4 is 10.1 Å². The minimum absolute atomic E-state index is 0.0213. The van der Waals surface area contributed by atoms with E-state index in [1.165, 1.54) is 11.8 Å². The fraction of sp³-hybridized carbons (Fsp3) is 0.526. The van der Waals surface area contributed by atoms with Crippen LogP contribution in [0.4, 0.5) is 0 Å². The SMILES string of the molecule is CCOc1ccccc1C(CC(=O)N1CCCC1(C)C(=O)O)NC(C)=O. The monoisotopic (exact) mass is 362 g/mol. The van der Waals surface area contributed by atoms with E-state index in [-0.39, 0.29) is 18.2 Å². The Morgan fingerprint density at radius 3 is 2.65 bits per heavy atom. The van der Waals surface area contributed by atoms with Gasteiger partial charge in [-0.2, -0.15) is 0 Å². The molecule has 2 atom stereocenters. The molecule has 7 heteroatoms. The number of carboxylic acid groups (broad SMARTS) is 1. The number of carbonyl (C=O) groups excluding carboxylic acids is 2. The largest absolute Gasteiger partial charge is 0.494 e. The van der Waals surface area contributed by atoms with E-state index in [1.807, 2.05) is 19.1 Å². The number of amides is 2. The van der Waals surface area contributed by atoms with Crippen LogP contribution in [0.25, 0.3) is 0 Å². The Morgan fingerprint density at radius 1 is 1.35 bits per heavy atom. The molecule has 1 aromatic rings. The van der Waals surface area contributed by atoms with Gasteiger partial charge in [-0.1, -0.05) is 18.2 Å². The number of nitrogens with zero attached hydrogens (tertiary/aromatic N) is 1. The summed E-state index contributed by atoms with van der Waals surface area (Å²) in [6.07, 6.45) is 1.05. The Morgan fingerprint density at radius 2 is 2.04 bits per heavy atom. The highest BCUT2D eigenvalue weighted by Gasteiger charge is 2.46. The molecule has 26 heavy (non-hydrogen) atoms. The van der Waals surface area contributed by atoms with Crippen LogP contribution in [0.3, 0.4) is 0 Å². The van der Waals surface area contributed by atoms with Gasteiger partial charge in [0.25, 0.3) is 0 Å². The molecule has 2 amide bonds. The van der Waals surface area contributed by atoms with Gasteiger partial charge in [-0.25, -0.2) is 4.79 Å². The number of ether oxygens (including phenoxy) is 1. The van der Waals surface area contributed by atoms with Gasteiger partial charge < -0.3 is 20.1 Å². The second-order valence-corrected chi connectivity index (χ2v) is 6.66. The van der Waals surface area contributed by atoms with Crippen molar-refractivity contribution >= 4 is 17.8 Å². The number of hydrogen-bond donors (Lipinski definition) is 2. The van der Waals surface area contributed by atoms with Crippen LogP contribution in [0.15, 0.2) is 24.3 Å². The molecule has 1 aromatic carbocycles. The Balaban J connectivity index is 2.27. The maximum absolute atomic E-state index is 12.9. The number of carboxylic acids is 1. The van der Waals surface area contributed by atoms with Gasteiger partial charge in [0.05, 0.1) is 19.1 Å². The Bertz CT molecular complexity index is 690. The summed E-state index contributed by atoms with van der Waals surface area (Å²) in [7, 11) is 0. The molecule has 1 saturated heterocycles. The fourth-order valence-electron chi connectivity index (χ4n) is 3.41. The van der Waals surface area contributed by atoms with Crippen molar-refractivity contribution in [2.45, 2.75) is 51.6 Å². The first kappa shape index (κ1) is 19.8. The van der Waals surface area contributed by atoms with E-state index in [9.17, 15) is 19.5 Å². The molecule has 0 saturated carbocycles. The van der Waals surface area contributed by atoms with Crippen molar-refractivity contribution in [3.63, 3.8) is 0 Å². The van der Waals surface area contributed by atoms with Crippen LogP contribution in [-0.2, 0) is 14.4 Å². The highest BCUT2D eigenvalue weighted by Crippen LogP contribution is 2.33. The first-order valence-electron chi connectivity index (χ1n) is 8.82. The number of hydrogen-bond acceptors (Lipinski definition) is 4. The average Bonchev–Trinajstić information content (AvgIpc) is 2.98. The smallest absolute Gasteiger partial charge is 0.329 e. The zero-order valence-electron chi connectivity index (χ0n) is 15.4. The second kappa shape index (κ2) is 8.21. The molecule has 2 unspecified atom stereocenters. The van der Waals surface area contributed by atoms with E-state index in [2.05, 4.69) is 5.32 Å². The molecule has 0 spiro atoms. The van der Waals surface area contributed by atoms with Crippen LogP contribution in [0.1, 0.15) is 51.6 Å². The minimum Gasteiger partial charge on any atom is -0.494 e. The zero-order valence-corrected chi connectivity index (χ0v) is 15.4. The summed E-state index contributed by atoms with van der Waals surface area (Å²) in [5.41, 5.74) is -0.494. The van der Waals surface area contributed by atoms with E-state index in [0.717, 1.165) is 0 Å². The number of nitrogens with one attached hydrogen (secondary N) is 1. The molecule has 142 valence electrons. The minimum atomic E-state index is -1.20. The van der Waals surface area contributed by atoms with Crippen molar-refractivity contribution in [3.8, 4) is 5.75 Å². The molecule has 1 aliphatic rings. The van der Waals surface area contributed by atoms with Crippen molar-refractivity contribution in [1.82, 2.24) is 10.2 Å². The normalized spacial score (nSPS) is 20.5. The Kier molecular flexibility index (Phi) is 6.23. The molecule has 1 heterocycles. The molecule has 0 aromatic heterocycles. The van der Waals surface area contributed by atoms with Crippen LogP contribution >= 0.6 is 0 Å². The number of aliphatic carboxylic acids is 1. The number of likely N-dealkylation sites (tertiary alicyclic amines) is 1. The van der Waals surface area contributed by atoms with Crippen LogP contribution in [0.5, 0.6) is 5.75 Å². The zero-order chi connectivity index (χ0) is 19.3. The summed E-state index contributed by atoms with van der Waals surface area (Å²) < 4.78 is 5.62. The van der Waals surface area contributed by atoms with Crippen molar-refractivity contribution in [1.29, 1.82) is 0 Å². The second-order valence-electron chi connectivity index (χ2n) is 6.66. The molecule has 1 aliphatic heterocycles. The third kappa shape index (κ3) is 4.15. The highest BCUT2D eigenvalue weighted by molar-refractivity contribution is 5.88. The Labute approximate surface area is 153 Å². The molecule has 7 nitrogen and oxygen atoms in total. The van der Waals surface area contributed by atoms with Gasteiger partial charge in [0.15, 0.2) is 0 Å². The summed E-state index contributed by atoms with van der Waals surface area (Å²) in [4.78, 5) is 37.6. The molecule has 1 fully saturated rings. The van der Waals surface area contributed by atoms with Gasteiger partial charge in [-0.3, -0.25) is 9.59 Å². The van der Waals surface area contributed by atoms with Gasteiger partial charge in [0.1, 0.15) is 11.3 Å². The highest BCUT2D eigenvalue weighted by atomic mass is 16.5.